The van der Waals surface area contributed by atoms with Crippen molar-refractivity contribution < 1.29 is 22.4 Å². The van der Waals surface area contributed by atoms with Gasteiger partial charge in [0.05, 0.1) is 28.4 Å². The lowest BCUT2D eigenvalue weighted by molar-refractivity contribution is 0.0940. The number of amides is 3. The molecule has 31 heavy (non-hydrogen) atoms. The minimum Gasteiger partial charge on any atom is -0.340 e. The van der Waals surface area contributed by atoms with Crippen molar-refractivity contribution in [3.05, 3.63) is 41.1 Å². The first kappa shape index (κ1) is 23.0. The van der Waals surface area contributed by atoms with Crippen LogP contribution in [0.3, 0.4) is 0 Å². The second-order valence-electron chi connectivity index (χ2n) is 7.19. The zero-order chi connectivity index (χ0) is 22.8. The van der Waals surface area contributed by atoms with Crippen LogP contribution >= 0.6 is 11.6 Å². The molecule has 2 heterocycles. The van der Waals surface area contributed by atoms with Crippen molar-refractivity contribution in [2.45, 2.75) is 6.92 Å². The quantitative estimate of drug-likeness (QED) is 0.520. The first-order valence-electron chi connectivity index (χ1n) is 9.39. The summed E-state index contributed by atoms with van der Waals surface area (Å²) in [5.41, 5.74) is 2.45. The number of hydrogen-bond donors (Lipinski definition) is 3. The fraction of sp³-hybridized carbons (Fsp3) is 0.389. The van der Waals surface area contributed by atoms with E-state index in [9.17, 15) is 22.4 Å². The van der Waals surface area contributed by atoms with Crippen molar-refractivity contribution in [2.75, 3.05) is 25.4 Å². The normalized spacial score (nSPS) is 14.3. The summed E-state index contributed by atoms with van der Waals surface area (Å²) in [6.07, 6.45) is 3.20. The van der Waals surface area contributed by atoms with E-state index >= 15 is 0 Å². The van der Waals surface area contributed by atoms with Gasteiger partial charge < -0.3 is 14.8 Å². The van der Waals surface area contributed by atoms with Gasteiger partial charge in [-0.1, -0.05) is 11.6 Å². The van der Waals surface area contributed by atoms with Crippen LogP contribution in [0.4, 0.5) is 9.18 Å². The van der Waals surface area contributed by atoms with Crippen LogP contribution in [0.25, 0.3) is 11.3 Å². The Labute approximate surface area is 183 Å². The number of imidazole rings is 1. The van der Waals surface area contributed by atoms with Gasteiger partial charge in [-0.05, 0) is 19.1 Å². The van der Waals surface area contributed by atoms with Gasteiger partial charge in [-0.25, -0.2) is 22.6 Å². The summed E-state index contributed by atoms with van der Waals surface area (Å²) in [5, 5.41) is 2.33. The molecule has 1 aromatic carbocycles. The molecule has 3 N–H and O–H groups in total. The molecule has 10 nitrogen and oxygen atoms in total. The molecule has 1 aromatic heterocycles. The highest BCUT2D eigenvalue weighted by Gasteiger charge is 2.34. The Kier molecular flexibility index (Phi) is 6.82. The number of rotatable bonds is 7. The maximum Gasteiger partial charge on any atom is 0.317 e. The predicted molar refractivity (Wildman–Crippen MR) is 112 cm³/mol. The molecular formula is C18H22ClFN6O4S. The molecule has 1 aliphatic rings. The monoisotopic (exact) mass is 472 g/mol. The van der Waals surface area contributed by atoms with Gasteiger partial charge in [-0.2, -0.15) is 0 Å². The third-order valence-electron chi connectivity index (χ3n) is 4.62. The van der Waals surface area contributed by atoms with Crippen LogP contribution in [0.1, 0.15) is 17.3 Å². The Balaban J connectivity index is 1.61. The number of halogens is 2. The van der Waals surface area contributed by atoms with E-state index in [1.54, 1.807) is 24.7 Å². The molecule has 0 spiro atoms. The van der Waals surface area contributed by atoms with Crippen LogP contribution in [-0.4, -0.2) is 60.2 Å². The lowest BCUT2D eigenvalue weighted by atomic mass is 10.0. The highest BCUT2D eigenvalue weighted by atomic mass is 35.5. The van der Waals surface area contributed by atoms with Gasteiger partial charge in [0.15, 0.2) is 5.82 Å². The number of nitrogens with zero attached hydrogens (tertiary/aromatic N) is 3. The van der Waals surface area contributed by atoms with Gasteiger partial charge in [-0.15, -0.1) is 4.83 Å². The minimum absolute atomic E-state index is 0.252. The first-order valence-corrected chi connectivity index (χ1v) is 11.4. The summed E-state index contributed by atoms with van der Waals surface area (Å²) in [5.74, 6) is -2.54. The third kappa shape index (κ3) is 5.51. The average Bonchev–Trinajstić information content (AvgIpc) is 3.11. The number of hydrogen-bond acceptors (Lipinski definition) is 5. The van der Waals surface area contributed by atoms with E-state index in [2.05, 4.69) is 10.3 Å². The van der Waals surface area contributed by atoms with Crippen LogP contribution < -0.4 is 15.6 Å². The Morgan fingerprint density at radius 2 is 2.03 bits per heavy atom. The number of urea groups is 1. The maximum absolute atomic E-state index is 14.4. The number of sulfonamides is 1. The number of carbonyl (C=O) groups is 2. The molecule has 0 unspecified atom stereocenters. The fourth-order valence-corrected chi connectivity index (χ4v) is 4.49. The standard InChI is InChI=1S/C18H22ClFN6O4S/c1-3-21-18(28)26-6-11(7-26)9-31(29,30)24-23-17(27)13-4-12(5-14(19)16(13)20)15-8-25(2)10-22-15/h4-5,8,10-11,24H,3,6-7,9H2,1-2H3,(H,21,28)(H,23,27). The predicted octanol–water partition coefficient (Wildman–Crippen LogP) is 1.11. The van der Waals surface area contributed by atoms with Crippen molar-refractivity contribution >= 4 is 33.6 Å². The minimum atomic E-state index is -3.90. The molecule has 13 heteroatoms. The number of benzene rings is 1. The van der Waals surface area contributed by atoms with Crippen molar-refractivity contribution in [1.82, 2.24) is 30.0 Å². The van der Waals surface area contributed by atoms with Crippen LogP contribution in [0, 0.1) is 11.7 Å². The number of nitrogens with one attached hydrogen (secondary N) is 3. The van der Waals surface area contributed by atoms with E-state index in [0.717, 1.165) is 0 Å². The van der Waals surface area contributed by atoms with Crippen LogP contribution in [0.15, 0.2) is 24.7 Å². The molecule has 0 atom stereocenters. The molecule has 0 saturated carbocycles. The number of hydrazine groups is 1. The van der Waals surface area contributed by atoms with Gasteiger partial charge in [-0.3, -0.25) is 10.2 Å². The van der Waals surface area contributed by atoms with Crippen LogP contribution in [-0.2, 0) is 17.1 Å². The molecule has 1 fully saturated rings. The molecule has 3 rings (SSSR count). The Morgan fingerprint density at radius 1 is 1.32 bits per heavy atom. The highest BCUT2D eigenvalue weighted by molar-refractivity contribution is 7.89. The van der Waals surface area contributed by atoms with E-state index in [-0.39, 0.29) is 35.8 Å². The largest absolute Gasteiger partial charge is 0.340 e. The molecule has 2 aromatic rings. The molecule has 1 aliphatic heterocycles. The molecule has 1 saturated heterocycles. The van der Waals surface area contributed by atoms with E-state index < -0.39 is 27.3 Å². The lowest BCUT2D eigenvalue weighted by Gasteiger charge is -2.38. The van der Waals surface area contributed by atoms with E-state index in [1.807, 2.05) is 10.3 Å². The van der Waals surface area contributed by atoms with Gasteiger partial charge in [0.25, 0.3) is 5.91 Å². The maximum atomic E-state index is 14.4. The second kappa shape index (κ2) is 9.20. The summed E-state index contributed by atoms with van der Waals surface area (Å²) in [6.45, 7) is 2.84. The first-order chi connectivity index (χ1) is 14.6. The molecule has 168 valence electrons. The number of aryl methyl sites for hydroxylation is 1. The smallest absolute Gasteiger partial charge is 0.317 e. The lowest BCUT2D eigenvalue weighted by Crippen LogP contribution is -2.56. The molecule has 0 radical (unpaired) electrons. The topological polar surface area (TPSA) is 125 Å². The van der Waals surface area contributed by atoms with Crippen molar-refractivity contribution in [3.8, 4) is 11.3 Å². The van der Waals surface area contributed by atoms with Crippen molar-refractivity contribution in [3.63, 3.8) is 0 Å². The summed E-state index contributed by atoms with van der Waals surface area (Å²) >= 11 is 5.90. The number of likely N-dealkylation sites (tertiary alicyclic amines) is 1. The molecule has 0 aliphatic carbocycles. The van der Waals surface area contributed by atoms with Gasteiger partial charge in [0.2, 0.25) is 10.0 Å². The number of aromatic nitrogens is 2. The summed E-state index contributed by atoms with van der Waals surface area (Å²) < 4.78 is 40.5. The number of carbonyl (C=O) groups excluding carboxylic acids is 2. The third-order valence-corrected chi connectivity index (χ3v) is 6.22. The SMILES string of the molecule is CCNC(=O)N1CC(CS(=O)(=O)NNC(=O)c2cc(-c3cn(C)cn3)cc(Cl)c2F)C1. The summed E-state index contributed by atoms with van der Waals surface area (Å²) in [7, 11) is -2.15. The van der Waals surface area contributed by atoms with E-state index in [0.29, 0.717) is 17.8 Å². The van der Waals surface area contributed by atoms with Gasteiger partial charge in [0.1, 0.15) is 0 Å². The summed E-state index contributed by atoms with van der Waals surface area (Å²) in [6, 6.07) is 2.32. The highest BCUT2D eigenvalue weighted by Crippen LogP contribution is 2.27. The zero-order valence-electron chi connectivity index (χ0n) is 16.9. The van der Waals surface area contributed by atoms with Gasteiger partial charge in [0, 0.05) is 44.4 Å². The molecule has 0 bridgehead atoms. The fourth-order valence-electron chi connectivity index (χ4n) is 3.11. The average molecular weight is 473 g/mol. The van der Waals surface area contributed by atoms with Crippen molar-refractivity contribution in [1.29, 1.82) is 0 Å². The van der Waals surface area contributed by atoms with E-state index in [1.165, 1.54) is 23.4 Å². The van der Waals surface area contributed by atoms with Crippen LogP contribution in [0.2, 0.25) is 5.02 Å². The molecular weight excluding hydrogens is 451 g/mol. The Bertz CT molecular complexity index is 1100. The molecule has 3 amide bonds. The Hall–Kier alpha value is -2.70. The summed E-state index contributed by atoms with van der Waals surface area (Å²) in [4.78, 5) is 31.6. The Morgan fingerprint density at radius 3 is 2.65 bits per heavy atom. The van der Waals surface area contributed by atoms with E-state index in [4.69, 9.17) is 11.6 Å². The van der Waals surface area contributed by atoms with Crippen LogP contribution in [0.5, 0.6) is 0 Å². The second-order valence-corrected chi connectivity index (χ2v) is 9.36. The van der Waals surface area contributed by atoms with Gasteiger partial charge >= 0.3 is 6.03 Å². The van der Waals surface area contributed by atoms with Crippen molar-refractivity contribution in [2.24, 2.45) is 13.0 Å². The zero-order valence-corrected chi connectivity index (χ0v) is 18.4.